The molecule has 0 radical (unpaired) electrons. The van der Waals surface area contributed by atoms with Crippen molar-refractivity contribution >= 4 is 33.4 Å². The molecule has 1 amide bonds. The van der Waals surface area contributed by atoms with E-state index in [0.29, 0.717) is 30.1 Å². The highest BCUT2D eigenvalue weighted by Crippen LogP contribution is 2.21. The van der Waals surface area contributed by atoms with E-state index in [0.717, 1.165) is 10.2 Å². The fraction of sp³-hybridized carbons (Fsp3) is 0.368. The Hall–Kier alpha value is -2.98. The lowest BCUT2D eigenvalue weighted by molar-refractivity contribution is 0.0526. The second-order valence-electron chi connectivity index (χ2n) is 6.07. The van der Waals surface area contributed by atoms with Crippen molar-refractivity contribution in [2.45, 2.75) is 13.5 Å². The second-order valence-corrected chi connectivity index (χ2v) is 7.08. The molecule has 0 aliphatic heterocycles. The number of thiazole rings is 1. The molecule has 3 aromatic rings. The quantitative estimate of drug-likeness (QED) is 0.545. The highest BCUT2D eigenvalue weighted by atomic mass is 32.1. The molecule has 0 saturated carbocycles. The number of esters is 1. The lowest BCUT2D eigenvalue weighted by atomic mass is 10.2. The van der Waals surface area contributed by atoms with Crippen molar-refractivity contribution in [3.05, 3.63) is 40.3 Å². The van der Waals surface area contributed by atoms with Gasteiger partial charge in [-0.25, -0.2) is 4.79 Å². The van der Waals surface area contributed by atoms with E-state index < -0.39 is 5.91 Å². The first-order chi connectivity index (χ1) is 14.0. The normalized spacial score (nSPS) is 11.8. The number of aromatic nitrogens is 3. The molecular weight excluding hydrogens is 396 g/mol. The fourth-order valence-electron chi connectivity index (χ4n) is 2.81. The van der Waals surface area contributed by atoms with Gasteiger partial charge in [0.2, 0.25) is 5.88 Å². The predicted octanol–water partition coefficient (Wildman–Crippen LogP) is 2.01. The largest absolute Gasteiger partial charge is 0.479 e. The predicted molar refractivity (Wildman–Crippen MR) is 107 cm³/mol. The van der Waals surface area contributed by atoms with Crippen LogP contribution in [0.2, 0.25) is 0 Å². The van der Waals surface area contributed by atoms with Crippen LogP contribution in [-0.4, -0.2) is 53.7 Å². The molecule has 0 aliphatic carbocycles. The minimum absolute atomic E-state index is 0.218. The SMILES string of the molecule is CCOC(=O)c1ccc2c(c1)sc(=NC(=O)c1cn(C)nc1OC)n2CCOC. The van der Waals surface area contributed by atoms with Crippen LogP contribution in [0, 0.1) is 0 Å². The zero-order chi connectivity index (χ0) is 21.0. The number of rotatable bonds is 7. The van der Waals surface area contributed by atoms with E-state index in [9.17, 15) is 9.59 Å². The average Bonchev–Trinajstić information content (AvgIpc) is 3.25. The molecule has 9 nitrogen and oxygen atoms in total. The summed E-state index contributed by atoms with van der Waals surface area (Å²) in [5, 5.41) is 4.09. The molecule has 3 rings (SSSR count). The van der Waals surface area contributed by atoms with Gasteiger partial charge in [0, 0.05) is 26.9 Å². The summed E-state index contributed by atoms with van der Waals surface area (Å²) in [7, 11) is 4.76. The van der Waals surface area contributed by atoms with Crippen molar-refractivity contribution in [1.82, 2.24) is 14.3 Å². The van der Waals surface area contributed by atoms with Crippen molar-refractivity contribution in [3.63, 3.8) is 0 Å². The van der Waals surface area contributed by atoms with Gasteiger partial charge in [-0.3, -0.25) is 9.48 Å². The average molecular weight is 418 g/mol. The van der Waals surface area contributed by atoms with Crippen molar-refractivity contribution < 1.29 is 23.8 Å². The summed E-state index contributed by atoms with van der Waals surface area (Å²) in [5.41, 5.74) is 1.58. The molecule has 1 aromatic carbocycles. The summed E-state index contributed by atoms with van der Waals surface area (Å²) in [6.07, 6.45) is 1.57. The van der Waals surface area contributed by atoms with Crippen LogP contribution in [-0.2, 0) is 23.1 Å². The topological polar surface area (TPSA) is 96.9 Å². The third kappa shape index (κ3) is 4.38. The van der Waals surface area contributed by atoms with Gasteiger partial charge in [-0.15, -0.1) is 5.10 Å². The number of hydrogen-bond acceptors (Lipinski definition) is 7. The molecule has 0 fully saturated rings. The first-order valence-corrected chi connectivity index (χ1v) is 9.76. The maximum Gasteiger partial charge on any atom is 0.338 e. The van der Waals surface area contributed by atoms with Crippen LogP contribution in [0.3, 0.4) is 0 Å². The van der Waals surface area contributed by atoms with Crippen LogP contribution in [0.1, 0.15) is 27.6 Å². The van der Waals surface area contributed by atoms with Gasteiger partial charge in [0.05, 0.1) is 36.1 Å². The summed E-state index contributed by atoms with van der Waals surface area (Å²) in [6.45, 7) is 3.02. The second kappa shape index (κ2) is 9.01. The van der Waals surface area contributed by atoms with Crippen LogP contribution in [0.15, 0.2) is 29.4 Å². The summed E-state index contributed by atoms with van der Waals surface area (Å²) >= 11 is 1.31. The van der Waals surface area contributed by atoms with Crippen molar-refractivity contribution in [2.24, 2.45) is 12.0 Å². The molecule has 0 unspecified atom stereocenters. The maximum atomic E-state index is 12.8. The molecule has 10 heteroatoms. The third-order valence-electron chi connectivity index (χ3n) is 4.13. The van der Waals surface area contributed by atoms with Crippen molar-refractivity contribution in [1.29, 1.82) is 0 Å². The molecule has 0 bridgehead atoms. The third-order valence-corrected chi connectivity index (χ3v) is 5.17. The van der Waals surface area contributed by atoms with Crippen LogP contribution in [0.5, 0.6) is 5.88 Å². The summed E-state index contributed by atoms with van der Waals surface area (Å²) < 4.78 is 19.6. The monoisotopic (exact) mass is 418 g/mol. The highest BCUT2D eigenvalue weighted by molar-refractivity contribution is 7.16. The van der Waals surface area contributed by atoms with Crippen molar-refractivity contribution in [3.8, 4) is 5.88 Å². The van der Waals surface area contributed by atoms with Crippen molar-refractivity contribution in [2.75, 3.05) is 27.4 Å². The van der Waals surface area contributed by atoms with E-state index in [1.165, 1.54) is 23.1 Å². The Kier molecular flexibility index (Phi) is 6.45. The number of fused-ring (bicyclic) bond motifs is 1. The first kappa shape index (κ1) is 20.7. The van der Waals surface area contributed by atoms with Gasteiger partial charge in [-0.05, 0) is 25.1 Å². The Bertz CT molecular complexity index is 1110. The number of nitrogens with zero attached hydrogens (tertiary/aromatic N) is 4. The van der Waals surface area contributed by atoms with Gasteiger partial charge < -0.3 is 18.8 Å². The molecule has 0 N–H and O–H groups in total. The standard InChI is InChI=1S/C19H22N4O5S/c1-5-28-18(25)12-6-7-14-15(10-12)29-19(23(14)8-9-26-3)20-16(24)13-11-22(2)21-17(13)27-4/h6-7,10-11H,5,8-9H2,1-4H3. The van der Waals surface area contributed by atoms with E-state index in [-0.39, 0.29) is 17.4 Å². The molecule has 0 aliphatic rings. The number of amides is 1. The molecule has 0 saturated heterocycles. The van der Waals surface area contributed by atoms with E-state index >= 15 is 0 Å². The number of aryl methyl sites for hydroxylation is 1. The Balaban J connectivity index is 2.10. The van der Waals surface area contributed by atoms with Gasteiger partial charge in [-0.2, -0.15) is 4.99 Å². The first-order valence-electron chi connectivity index (χ1n) is 8.94. The van der Waals surface area contributed by atoms with E-state index in [4.69, 9.17) is 14.2 Å². The molecular formula is C19H22N4O5S. The van der Waals surface area contributed by atoms with Gasteiger partial charge in [0.15, 0.2) is 4.80 Å². The number of carbonyl (C=O) groups excluding carboxylic acids is 2. The molecule has 0 atom stereocenters. The number of ether oxygens (including phenoxy) is 3. The Morgan fingerprint density at radius 3 is 2.76 bits per heavy atom. The minimum Gasteiger partial charge on any atom is -0.479 e. The van der Waals surface area contributed by atoms with E-state index in [1.54, 1.807) is 39.4 Å². The number of methoxy groups -OCH3 is 2. The Morgan fingerprint density at radius 2 is 2.07 bits per heavy atom. The number of hydrogen-bond donors (Lipinski definition) is 0. The maximum absolute atomic E-state index is 12.8. The van der Waals surface area contributed by atoms with Crippen LogP contribution >= 0.6 is 11.3 Å². The van der Waals surface area contributed by atoms with E-state index in [1.807, 2.05) is 10.6 Å². The molecule has 2 heterocycles. The van der Waals surface area contributed by atoms with Gasteiger partial charge in [0.1, 0.15) is 5.56 Å². The van der Waals surface area contributed by atoms with Gasteiger partial charge in [0.25, 0.3) is 5.91 Å². The highest BCUT2D eigenvalue weighted by Gasteiger charge is 2.17. The summed E-state index contributed by atoms with van der Waals surface area (Å²) in [5.74, 6) is -0.630. The molecule has 0 spiro atoms. The zero-order valence-electron chi connectivity index (χ0n) is 16.7. The lowest BCUT2D eigenvalue weighted by Crippen LogP contribution is -2.19. The van der Waals surface area contributed by atoms with Crippen LogP contribution in [0.25, 0.3) is 10.2 Å². The molecule has 29 heavy (non-hydrogen) atoms. The fourth-order valence-corrected chi connectivity index (χ4v) is 3.90. The summed E-state index contributed by atoms with van der Waals surface area (Å²) in [6, 6.07) is 5.27. The smallest absolute Gasteiger partial charge is 0.338 e. The molecule has 154 valence electrons. The minimum atomic E-state index is -0.460. The van der Waals surface area contributed by atoms with E-state index in [2.05, 4.69) is 10.1 Å². The number of benzene rings is 1. The van der Waals surface area contributed by atoms with Crippen LogP contribution in [0.4, 0.5) is 0 Å². The molecule has 2 aromatic heterocycles. The summed E-state index contributed by atoms with van der Waals surface area (Å²) in [4.78, 5) is 29.6. The Morgan fingerprint density at radius 1 is 1.28 bits per heavy atom. The van der Waals surface area contributed by atoms with Gasteiger partial charge in [-0.1, -0.05) is 11.3 Å². The number of carbonyl (C=O) groups is 2. The zero-order valence-corrected chi connectivity index (χ0v) is 17.5. The lowest BCUT2D eigenvalue weighted by Gasteiger charge is -2.05. The van der Waals surface area contributed by atoms with Gasteiger partial charge >= 0.3 is 5.97 Å². The Labute approximate surface area is 171 Å². The van der Waals surface area contributed by atoms with Crippen LogP contribution < -0.4 is 9.54 Å².